The highest BCUT2D eigenvalue weighted by atomic mass is 32.2. The van der Waals surface area contributed by atoms with Gasteiger partial charge in [-0.05, 0) is 25.1 Å². The number of nitrogens with zero attached hydrogens (tertiary/aromatic N) is 1. The second-order valence-corrected chi connectivity index (χ2v) is 8.04. The second kappa shape index (κ2) is 5.89. The van der Waals surface area contributed by atoms with Crippen molar-refractivity contribution in [3.8, 4) is 0 Å². The van der Waals surface area contributed by atoms with Gasteiger partial charge < -0.3 is 5.11 Å². The summed E-state index contributed by atoms with van der Waals surface area (Å²) < 4.78 is 23.8. The lowest BCUT2D eigenvalue weighted by atomic mass is 10.0. The summed E-state index contributed by atoms with van der Waals surface area (Å²) in [6.07, 6.45) is 0. The summed E-state index contributed by atoms with van der Waals surface area (Å²) in [6, 6.07) is 13.0. The fraction of sp³-hybridized carbons (Fsp3) is 0.188. The first kappa shape index (κ1) is 17.0. The number of aliphatic hydroxyl groups is 1. The Morgan fingerprint density at radius 1 is 1.17 bits per heavy atom. The van der Waals surface area contributed by atoms with Gasteiger partial charge in [-0.25, -0.2) is 13.6 Å². The lowest BCUT2D eigenvalue weighted by Crippen LogP contribution is -2.46. The van der Waals surface area contributed by atoms with E-state index in [0.29, 0.717) is 5.69 Å². The number of carbonyl (C=O) groups is 1. The fourth-order valence-corrected chi connectivity index (χ4v) is 4.50. The number of rotatable bonds is 3. The Kier molecular flexibility index (Phi) is 4.16. The molecule has 24 heavy (non-hydrogen) atoms. The lowest BCUT2D eigenvalue weighted by Gasteiger charge is -2.34. The number of sulfonamides is 1. The van der Waals surface area contributed by atoms with Gasteiger partial charge in [0.25, 0.3) is 5.24 Å². The second-order valence-electron chi connectivity index (χ2n) is 5.58. The molecular weight excluding hydrogens is 348 g/mol. The maximum atomic E-state index is 12.4. The molecular formula is C16H16N2O4S2. The van der Waals surface area contributed by atoms with Crippen LogP contribution in [0.4, 0.5) is 10.5 Å². The summed E-state index contributed by atoms with van der Waals surface area (Å²) >= 11 is 0.927. The zero-order valence-corrected chi connectivity index (χ0v) is 14.5. The molecule has 1 atom stereocenters. The number of thioether (sulfide) groups is 1. The molecule has 3 rings (SSSR count). The molecule has 6 nitrogen and oxygen atoms in total. The Hall–Kier alpha value is -1.87. The maximum absolute atomic E-state index is 12.4. The molecule has 3 N–H and O–H groups in total. The summed E-state index contributed by atoms with van der Waals surface area (Å²) in [5.41, 5.74) is -0.208. The summed E-state index contributed by atoms with van der Waals surface area (Å²) in [4.78, 5) is 13.4. The van der Waals surface area contributed by atoms with E-state index in [-0.39, 0.29) is 21.5 Å². The number of anilines is 1. The average Bonchev–Trinajstić information content (AvgIpc) is 2.84. The Balaban J connectivity index is 2.19. The zero-order chi connectivity index (χ0) is 17.5. The molecule has 0 aromatic heterocycles. The Morgan fingerprint density at radius 2 is 1.79 bits per heavy atom. The zero-order valence-electron chi connectivity index (χ0n) is 12.8. The number of aryl methyl sites for hydroxylation is 1. The molecule has 2 aromatic carbocycles. The largest absolute Gasteiger partial charge is 0.366 e. The predicted octanol–water partition coefficient (Wildman–Crippen LogP) is 2.16. The van der Waals surface area contributed by atoms with Crippen LogP contribution in [0.15, 0.2) is 53.4 Å². The average molecular weight is 364 g/mol. The van der Waals surface area contributed by atoms with Crippen molar-refractivity contribution < 1.29 is 18.3 Å². The minimum absolute atomic E-state index is 0.00619. The Morgan fingerprint density at radius 3 is 2.42 bits per heavy atom. The maximum Gasteiger partial charge on any atom is 0.288 e. The van der Waals surface area contributed by atoms with E-state index < -0.39 is 15.7 Å². The topological polar surface area (TPSA) is 101 Å². The van der Waals surface area contributed by atoms with E-state index in [4.69, 9.17) is 5.14 Å². The number of nitrogens with two attached hydrogens (primary N) is 1. The molecule has 1 fully saturated rings. The van der Waals surface area contributed by atoms with Crippen LogP contribution in [0.5, 0.6) is 0 Å². The molecule has 1 amide bonds. The quantitative estimate of drug-likeness (QED) is 0.869. The summed E-state index contributed by atoms with van der Waals surface area (Å²) in [6.45, 7) is 1.91. The highest BCUT2D eigenvalue weighted by Gasteiger charge is 2.49. The van der Waals surface area contributed by atoms with Gasteiger partial charge in [0.15, 0.2) is 5.72 Å². The molecule has 1 saturated heterocycles. The normalized spacial score (nSPS) is 21.3. The molecule has 1 unspecified atom stereocenters. The smallest absolute Gasteiger partial charge is 0.288 e. The molecule has 0 radical (unpaired) electrons. The molecule has 0 bridgehead atoms. The van der Waals surface area contributed by atoms with Crippen LogP contribution in [0, 0.1) is 6.92 Å². The van der Waals surface area contributed by atoms with E-state index in [1.54, 1.807) is 18.2 Å². The van der Waals surface area contributed by atoms with Crippen LogP contribution in [0.1, 0.15) is 11.1 Å². The lowest BCUT2D eigenvalue weighted by molar-refractivity contribution is 0.0697. The van der Waals surface area contributed by atoms with Gasteiger partial charge in [0.1, 0.15) is 0 Å². The van der Waals surface area contributed by atoms with Crippen LogP contribution in [-0.4, -0.2) is 24.5 Å². The van der Waals surface area contributed by atoms with Crippen molar-refractivity contribution in [3.05, 3.63) is 59.7 Å². The number of carbonyl (C=O) groups excluding carboxylic acids is 1. The van der Waals surface area contributed by atoms with Gasteiger partial charge in [0, 0.05) is 11.3 Å². The van der Waals surface area contributed by atoms with Gasteiger partial charge in [0.05, 0.1) is 10.6 Å². The van der Waals surface area contributed by atoms with Gasteiger partial charge in [0.2, 0.25) is 10.0 Å². The van der Waals surface area contributed by atoms with E-state index in [2.05, 4.69) is 0 Å². The molecule has 8 heteroatoms. The van der Waals surface area contributed by atoms with Crippen molar-refractivity contribution in [3.63, 3.8) is 0 Å². The van der Waals surface area contributed by atoms with E-state index in [1.165, 1.54) is 23.1 Å². The van der Waals surface area contributed by atoms with Gasteiger partial charge in [-0.15, -0.1) is 0 Å². The molecule has 2 aromatic rings. The van der Waals surface area contributed by atoms with Crippen LogP contribution in [0.2, 0.25) is 0 Å². The van der Waals surface area contributed by atoms with Crippen LogP contribution >= 0.6 is 11.8 Å². The van der Waals surface area contributed by atoms with Crippen LogP contribution in [0.25, 0.3) is 0 Å². The summed E-state index contributed by atoms with van der Waals surface area (Å²) in [5, 5.41) is 16.1. The number of primary sulfonamides is 1. The molecule has 0 spiro atoms. The molecule has 126 valence electrons. The van der Waals surface area contributed by atoms with Crippen molar-refractivity contribution in [2.24, 2.45) is 5.14 Å². The summed E-state index contributed by atoms with van der Waals surface area (Å²) in [5.74, 6) is 0.00619. The van der Waals surface area contributed by atoms with Crippen molar-refractivity contribution in [2.75, 3.05) is 10.7 Å². The first-order chi connectivity index (χ1) is 11.2. The molecule has 0 aliphatic carbocycles. The van der Waals surface area contributed by atoms with Crippen molar-refractivity contribution in [1.82, 2.24) is 0 Å². The standard InChI is InChI=1S/C16H16N2O4S2/c1-11-6-8-12(9-7-11)18-15(19)23-10-16(18,20)13-4-2-3-5-14(13)24(17,21)22/h2-9,20H,10H2,1H3,(H2,17,21,22). The third-order valence-corrected chi connectivity index (χ3v) is 5.81. The van der Waals surface area contributed by atoms with E-state index in [9.17, 15) is 18.3 Å². The van der Waals surface area contributed by atoms with Gasteiger partial charge in [-0.1, -0.05) is 47.7 Å². The summed E-state index contributed by atoms with van der Waals surface area (Å²) in [7, 11) is -4.05. The first-order valence-corrected chi connectivity index (χ1v) is 9.65. The third kappa shape index (κ3) is 2.82. The third-order valence-electron chi connectivity index (χ3n) is 3.87. The van der Waals surface area contributed by atoms with Crippen molar-refractivity contribution in [1.29, 1.82) is 0 Å². The number of amides is 1. The first-order valence-electron chi connectivity index (χ1n) is 7.12. The van der Waals surface area contributed by atoms with Gasteiger partial charge in [-0.2, -0.15) is 0 Å². The Bertz CT molecular complexity index is 897. The molecule has 1 aliphatic rings. The highest BCUT2D eigenvalue weighted by molar-refractivity contribution is 8.14. The van der Waals surface area contributed by atoms with E-state index in [0.717, 1.165) is 17.3 Å². The monoisotopic (exact) mass is 364 g/mol. The van der Waals surface area contributed by atoms with Crippen LogP contribution in [0.3, 0.4) is 0 Å². The molecule has 1 aliphatic heterocycles. The molecule has 1 heterocycles. The SMILES string of the molecule is Cc1ccc(N2C(=O)SCC2(O)c2ccccc2S(N)(=O)=O)cc1. The number of hydrogen-bond donors (Lipinski definition) is 2. The van der Waals surface area contributed by atoms with E-state index in [1.807, 2.05) is 19.1 Å². The van der Waals surface area contributed by atoms with Gasteiger partial charge >= 0.3 is 0 Å². The van der Waals surface area contributed by atoms with Crippen molar-refractivity contribution >= 4 is 32.7 Å². The van der Waals surface area contributed by atoms with Crippen molar-refractivity contribution in [2.45, 2.75) is 17.5 Å². The van der Waals surface area contributed by atoms with E-state index >= 15 is 0 Å². The predicted molar refractivity (Wildman–Crippen MR) is 93.2 cm³/mol. The fourth-order valence-electron chi connectivity index (χ4n) is 2.70. The van der Waals surface area contributed by atoms with Gasteiger partial charge in [-0.3, -0.25) is 9.69 Å². The highest BCUT2D eigenvalue weighted by Crippen LogP contribution is 2.43. The van der Waals surface area contributed by atoms with Crippen LogP contribution < -0.4 is 10.0 Å². The van der Waals surface area contributed by atoms with Crippen LogP contribution in [-0.2, 0) is 15.7 Å². The minimum atomic E-state index is -4.05. The molecule has 0 saturated carbocycles. The number of benzene rings is 2. The minimum Gasteiger partial charge on any atom is -0.366 e. The Labute approximate surface area is 144 Å². The number of hydrogen-bond acceptors (Lipinski definition) is 5.